The molecule has 140 valence electrons. The summed E-state index contributed by atoms with van der Waals surface area (Å²) < 4.78 is 10.6. The molecule has 1 amide bonds. The van der Waals surface area contributed by atoms with Gasteiger partial charge in [-0.2, -0.15) is 0 Å². The van der Waals surface area contributed by atoms with E-state index in [2.05, 4.69) is 5.32 Å². The van der Waals surface area contributed by atoms with Gasteiger partial charge in [0.25, 0.3) is 0 Å². The maximum atomic E-state index is 12.8. The Balaban J connectivity index is 1.18. The molecule has 0 spiro atoms. The first kappa shape index (κ1) is 17.4. The molecule has 0 aromatic heterocycles. The van der Waals surface area contributed by atoms with Gasteiger partial charge in [0.15, 0.2) is 0 Å². The zero-order valence-corrected chi connectivity index (χ0v) is 15.1. The molecule has 5 heteroatoms. The van der Waals surface area contributed by atoms with E-state index in [9.17, 15) is 9.59 Å². The van der Waals surface area contributed by atoms with Crippen molar-refractivity contribution in [2.75, 3.05) is 19.8 Å². The largest absolute Gasteiger partial charge is 0.490 e. The summed E-state index contributed by atoms with van der Waals surface area (Å²) in [6, 6.07) is 9.41. The molecule has 0 unspecified atom stereocenters. The van der Waals surface area contributed by atoms with Gasteiger partial charge in [0.1, 0.15) is 25.5 Å². The number of amides is 1. The summed E-state index contributed by atoms with van der Waals surface area (Å²) in [7, 11) is 0. The fourth-order valence-corrected chi connectivity index (χ4v) is 5.61. The monoisotopic (exact) mass is 357 g/mol. The Bertz CT molecular complexity index is 622. The molecule has 26 heavy (non-hydrogen) atoms. The van der Waals surface area contributed by atoms with Gasteiger partial charge in [0, 0.05) is 5.41 Å². The second kappa shape index (κ2) is 7.29. The van der Waals surface area contributed by atoms with Gasteiger partial charge in [-0.25, -0.2) is 0 Å². The SMILES string of the molecule is O=C(CNC(=O)C12CC3CC(CC(C3)C1)C2)OCCOc1ccccc1. The van der Waals surface area contributed by atoms with Crippen molar-refractivity contribution in [1.29, 1.82) is 0 Å². The molecule has 1 aromatic carbocycles. The van der Waals surface area contributed by atoms with Gasteiger partial charge in [-0.15, -0.1) is 0 Å². The molecule has 4 fully saturated rings. The molecule has 0 saturated heterocycles. The van der Waals surface area contributed by atoms with E-state index in [4.69, 9.17) is 9.47 Å². The Kier molecular flexibility index (Phi) is 4.88. The van der Waals surface area contributed by atoms with Crippen molar-refractivity contribution >= 4 is 11.9 Å². The molecule has 1 N–H and O–H groups in total. The van der Waals surface area contributed by atoms with E-state index in [1.165, 1.54) is 19.3 Å². The van der Waals surface area contributed by atoms with Crippen LogP contribution < -0.4 is 10.1 Å². The Morgan fingerprint density at radius 1 is 0.962 bits per heavy atom. The van der Waals surface area contributed by atoms with Gasteiger partial charge in [0.05, 0.1) is 0 Å². The average molecular weight is 357 g/mol. The molecule has 0 heterocycles. The van der Waals surface area contributed by atoms with Crippen molar-refractivity contribution in [2.45, 2.75) is 38.5 Å². The molecular weight excluding hydrogens is 330 g/mol. The molecule has 0 aliphatic heterocycles. The minimum Gasteiger partial charge on any atom is -0.490 e. The second-order valence-corrected chi connectivity index (χ2v) is 8.26. The molecule has 4 bridgehead atoms. The molecule has 4 aliphatic rings. The molecule has 1 aromatic rings. The number of benzene rings is 1. The van der Waals surface area contributed by atoms with Gasteiger partial charge < -0.3 is 14.8 Å². The Morgan fingerprint density at radius 2 is 1.58 bits per heavy atom. The van der Waals surface area contributed by atoms with Crippen LogP contribution in [-0.4, -0.2) is 31.6 Å². The highest BCUT2D eigenvalue weighted by atomic mass is 16.6. The number of hydrogen-bond acceptors (Lipinski definition) is 4. The highest BCUT2D eigenvalue weighted by Gasteiger charge is 2.54. The minimum atomic E-state index is -0.403. The van der Waals surface area contributed by atoms with Crippen molar-refractivity contribution in [3.8, 4) is 5.75 Å². The molecule has 0 atom stereocenters. The number of carbonyl (C=O) groups excluding carboxylic acids is 2. The lowest BCUT2D eigenvalue weighted by atomic mass is 9.49. The Labute approximate surface area is 154 Å². The highest BCUT2D eigenvalue weighted by molar-refractivity contribution is 5.86. The molecular formula is C21H27NO4. The van der Waals surface area contributed by atoms with Crippen LogP contribution in [-0.2, 0) is 14.3 Å². The van der Waals surface area contributed by atoms with Crippen LogP contribution in [0.5, 0.6) is 5.75 Å². The van der Waals surface area contributed by atoms with Crippen LogP contribution in [0.3, 0.4) is 0 Å². The predicted molar refractivity (Wildman–Crippen MR) is 96.5 cm³/mol. The lowest BCUT2D eigenvalue weighted by molar-refractivity contribution is -0.151. The van der Waals surface area contributed by atoms with Crippen LogP contribution in [0, 0.1) is 23.2 Å². The van der Waals surface area contributed by atoms with Gasteiger partial charge in [-0.1, -0.05) is 18.2 Å². The van der Waals surface area contributed by atoms with Crippen LogP contribution in [0.15, 0.2) is 30.3 Å². The Hall–Kier alpha value is -2.04. The van der Waals surface area contributed by atoms with Crippen LogP contribution in [0.1, 0.15) is 38.5 Å². The second-order valence-electron chi connectivity index (χ2n) is 8.26. The lowest BCUT2D eigenvalue weighted by Gasteiger charge is -2.55. The van der Waals surface area contributed by atoms with Crippen molar-refractivity contribution < 1.29 is 19.1 Å². The third-order valence-electron chi connectivity index (χ3n) is 6.27. The molecule has 4 aliphatic carbocycles. The summed E-state index contributed by atoms with van der Waals surface area (Å²) in [4.78, 5) is 24.7. The zero-order valence-electron chi connectivity index (χ0n) is 15.1. The van der Waals surface area contributed by atoms with Gasteiger partial charge in [-0.3, -0.25) is 9.59 Å². The summed E-state index contributed by atoms with van der Waals surface area (Å²) >= 11 is 0. The first-order valence-electron chi connectivity index (χ1n) is 9.75. The molecule has 5 nitrogen and oxygen atoms in total. The molecule has 5 rings (SSSR count). The van der Waals surface area contributed by atoms with Gasteiger partial charge in [-0.05, 0) is 68.4 Å². The van der Waals surface area contributed by atoms with Crippen LogP contribution in [0.4, 0.5) is 0 Å². The fraction of sp³-hybridized carbons (Fsp3) is 0.619. The van der Waals surface area contributed by atoms with E-state index in [-0.39, 0.29) is 24.5 Å². The number of carbonyl (C=O) groups is 2. The van der Waals surface area contributed by atoms with Gasteiger partial charge in [0.2, 0.25) is 5.91 Å². The summed E-state index contributed by atoms with van der Waals surface area (Å²) in [6.07, 6.45) is 6.92. The van der Waals surface area contributed by atoms with Crippen molar-refractivity contribution in [3.05, 3.63) is 30.3 Å². The number of ether oxygens (including phenoxy) is 2. The van der Waals surface area contributed by atoms with Crippen LogP contribution in [0.2, 0.25) is 0 Å². The highest BCUT2D eigenvalue weighted by Crippen LogP contribution is 2.60. The van der Waals surface area contributed by atoms with E-state index in [1.807, 2.05) is 30.3 Å². The van der Waals surface area contributed by atoms with E-state index in [1.54, 1.807) is 0 Å². The van der Waals surface area contributed by atoms with Crippen molar-refractivity contribution in [3.63, 3.8) is 0 Å². The first-order valence-corrected chi connectivity index (χ1v) is 9.75. The molecule has 0 radical (unpaired) electrons. The third-order valence-corrected chi connectivity index (χ3v) is 6.27. The normalized spacial score (nSPS) is 31.5. The lowest BCUT2D eigenvalue weighted by Crippen LogP contribution is -2.54. The standard InChI is InChI=1S/C21H27NO4/c23-19(26-7-6-25-18-4-2-1-3-5-18)14-22-20(24)21-11-15-8-16(12-21)10-17(9-15)13-21/h1-5,15-17H,6-14H2,(H,22,24). The van der Waals surface area contributed by atoms with Crippen LogP contribution in [0.25, 0.3) is 0 Å². The predicted octanol–water partition coefficient (Wildman–Crippen LogP) is 2.94. The summed E-state index contributed by atoms with van der Waals surface area (Å²) in [5, 5.41) is 2.84. The number of hydrogen-bond donors (Lipinski definition) is 1. The van der Waals surface area contributed by atoms with E-state index in [0.717, 1.165) is 25.0 Å². The zero-order chi connectivity index (χ0) is 18.0. The Morgan fingerprint density at radius 3 is 2.19 bits per heavy atom. The number of rotatable bonds is 7. The van der Waals surface area contributed by atoms with E-state index >= 15 is 0 Å². The molecule has 4 saturated carbocycles. The fourth-order valence-electron chi connectivity index (χ4n) is 5.61. The topological polar surface area (TPSA) is 64.6 Å². The minimum absolute atomic E-state index is 0.0497. The van der Waals surface area contributed by atoms with E-state index < -0.39 is 5.97 Å². The summed E-state index contributed by atoms with van der Waals surface area (Å²) in [6.45, 7) is 0.436. The average Bonchev–Trinajstić information content (AvgIpc) is 2.63. The van der Waals surface area contributed by atoms with Gasteiger partial charge >= 0.3 is 5.97 Å². The van der Waals surface area contributed by atoms with Crippen molar-refractivity contribution in [2.24, 2.45) is 23.2 Å². The number of esters is 1. The number of nitrogens with one attached hydrogen (secondary N) is 1. The maximum Gasteiger partial charge on any atom is 0.325 e. The van der Waals surface area contributed by atoms with E-state index in [0.29, 0.717) is 24.4 Å². The first-order chi connectivity index (χ1) is 12.6. The van der Waals surface area contributed by atoms with Crippen LogP contribution >= 0.6 is 0 Å². The third kappa shape index (κ3) is 3.71. The number of para-hydroxylation sites is 1. The summed E-state index contributed by atoms with van der Waals surface area (Å²) in [5.41, 5.74) is -0.217. The smallest absolute Gasteiger partial charge is 0.325 e. The summed E-state index contributed by atoms with van der Waals surface area (Å²) in [5.74, 6) is 2.56. The van der Waals surface area contributed by atoms with Crippen molar-refractivity contribution in [1.82, 2.24) is 5.32 Å². The maximum absolute atomic E-state index is 12.8. The quantitative estimate of drug-likeness (QED) is 0.602.